The summed E-state index contributed by atoms with van der Waals surface area (Å²) in [5.41, 5.74) is 1.31. The van der Waals surface area contributed by atoms with Crippen molar-refractivity contribution in [1.82, 2.24) is 10.2 Å². The number of ether oxygens (including phenoxy) is 1. The fourth-order valence-corrected chi connectivity index (χ4v) is 4.53. The fraction of sp³-hybridized carbons (Fsp3) is 0.522. The van der Waals surface area contributed by atoms with Crippen LogP contribution in [0.2, 0.25) is 0 Å². The Labute approximate surface area is 161 Å². The second kappa shape index (κ2) is 8.41. The summed E-state index contributed by atoms with van der Waals surface area (Å²) < 4.78 is 5.80. The standard InChI is InChI=1S/C23H30N2O2/c1-17(21-12-6-10-19-9-4-5-11-22(19)21)24-13-20-15-25(23(26)16-27-20)14-18-7-2-3-8-18/h4-6,9-12,17-18,20,24H,2-3,7-8,13-16H2,1H3. The van der Waals surface area contributed by atoms with Crippen LogP contribution >= 0.6 is 0 Å². The zero-order valence-electron chi connectivity index (χ0n) is 16.2. The van der Waals surface area contributed by atoms with Crippen molar-refractivity contribution in [3.8, 4) is 0 Å². The molecular weight excluding hydrogens is 336 g/mol. The van der Waals surface area contributed by atoms with Gasteiger partial charge < -0.3 is 15.0 Å². The summed E-state index contributed by atoms with van der Waals surface area (Å²) in [5, 5.41) is 6.19. The molecule has 0 aromatic heterocycles. The number of hydrogen-bond acceptors (Lipinski definition) is 3. The van der Waals surface area contributed by atoms with Crippen LogP contribution in [0.15, 0.2) is 42.5 Å². The minimum atomic E-state index is 0.0709. The number of amides is 1. The van der Waals surface area contributed by atoms with Crippen molar-refractivity contribution >= 4 is 16.7 Å². The summed E-state index contributed by atoms with van der Waals surface area (Å²) in [6.45, 7) is 4.81. The van der Waals surface area contributed by atoms with Gasteiger partial charge >= 0.3 is 0 Å². The van der Waals surface area contributed by atoms with E-state index in [2.05, 4.69) is 54.7 Å². The third-order valence-corrected chi connectivity index (χ3v) is 6.11. The molecule has 1 amide bonds. The Morgan fingerprint density at radius 1 is 1.15 bits per heavy atom. The molecule has 1 N–H and O–H groups in total. The van der Waals surface area contributed by atoms with Gasteiger partial charge in [0.15, 0.2) is 0 Å². The first kappa shape index (κ1) is 18.5. The smallest absolute Gasteiger partial charge is 0.248 e. The van der Waals surface area contributed by atoms with E-state index in [1.54, 1.807) is 0 Å². The maximum atomic E-state index is 12.2. The molecule has 1 saturated heterocycles. The number of fused-ring (bicyclic) bond motifs is 1. The van der Waals surface area contributed by atoms with Gasteiger partial charge in [-0.05, 0) is 42.0 Å². The minimum absolute atomic E-state index is 0.0709. The van der Waals surface area contributed by atoms with Crippen LogP contribution in [0.4, 0.5) is 0 Å². The summed E-state index contributed by atoms with van der Waals surface area (Å²) >= 11 is 0. The van der Waals surface area contributed by atoms with E-state index in [0.29, 0.717) is 12.5 Å². The lowest BCUT2D eigenvalue weighted by Crippen LogP contribution is -2.51. The summed E-state index contributed by atoms with van der Waals surface area (Å²) in [6, 6.07) is 15.2. The second-order valence-corrected chi connectivity index (χ2v) is 8.08. The van der Waals surface area contributed by atoms with Gasteiger partial charge in [-0.2, -0.15) is 0 Å². The number of hydrogen-bond donors (Lipinski definition) is 1. The molecule has 4 nitrogen and oxygen atoms in total. The third kappa shape index (κ3) is 4.33. The zero-order chi connectivity index (χ0) is 18.6. The van der Waals surface area contributed by atoms with Crippen molar-refractivity contribution in [3.05, 3.63) is 48.0 Å². The van der Waals surface area contributed by atoms with Gasteiger partial charge in [0, 0.05) is 25.7 Å². The molecule has 4 heteroatoms. The van der Waals surface area contributed by atoms with Crippen molar-refractivity contribution in [1.29, 1.82) is 0 Å². The van der Waals surface area contributed by atoms with E-state index in [0.717, 1.165) is 13.1 Å². The maximum absolute atomic E-state index is 12.2. The highest BCUT2D eigenvalue weighted by Gasteiger charge is 2.29. The third-order valence-electron chi connectivity index (χ3n) is 6.11. The van der Waals surface area contributed by atoms with E-state index in [1.807, 2.05) is 4.90 Å². The number of carbonyl (C=O) groups is 1. The van der Waals surface area contributed by atoms with E-state index in [4.69, 9.17) is 4.74 Å². The number of carbonyl (C=O) groups excluding carboxylic acids is 1. The lowest BCUT2D eigenvalue weighted by Gasteiger charge is -2.35. The maximum Gasteiger partial charge on any atom is 0.248 e. The van der Waals surface area contributed by atoms with Crippen molar-refractivity contribution in [2.45, 2.75) is 44.8 Å². The summed E-state index contributed by atoms with van der Waals surface area (Å²) in [4.78, 5) is 14.3. The molecule has 1 saturated carbocycles. The molecule has 1 aliphatic heterocycles. The van der Waals surface area contributed by atoms with E-state index in [-0.39, 0.29) is 24.7 Å². The number of rotatable bonds is 6. The monoisotopic (exact) mass is 366 g/mol. The Bertz CT molecular complexity index is 780. The molecule has 0 spiro atoms. The normalized spacial score (nSPS) is 22.5. The molecule has 2 aliphatic rings. The minimum Gasteiger partial charge on any atom is -0.365 e. The average Bonchev–Trinajstić information content (AvgIpc) is 3.21. The lowest BCUT2D eigenvalue weighted by molar-refractivity contribution is -0.149. The van der Waals surface area contributed by atoms with Gasteiger partial charge in [0.05, 0.1) is 6.10 Å². The first-order valence-electron chi connectivity index (χ1n) is 10.3. The molecule has 1 aliphatic carbocycles. The van der Waals surface area contributed by atoms with Crippen LogP contribution < -0.4 is 5.32 Å². The number of benzene rings is 2. The molecule has 2 aromatic carbocycles. The Morgan fingerprint density at radius 3 is 2.78 bits per heavy atom. The van der Waals surface area contributed by atoms with Gasteiger partial charge in [-0.1, -0.05) is 55.3 Å². The lowest BCUT2D eigenvalue weighted by atomic mass is 9.99. The fourth-order valence-electron chi connectivity index (χ4n) is 4.53. The molecule has 2 atom stereocenters. The van der Waals surface area contributed by atoms with Gasteiger partial charge in [-0.25, -0.2) is 0 Å². The molecule has 1 heterocycles. The molecule has 2 aromatic rings. The summed E-state index contributed by atoms with van der Waals surface area (Å²) in [6.07, 6.45) is 5.24. The summed E-state index contributed by atoms with van der Waals surface area (Å²) in [7, 11) is 0. The van der Waals surface area contributed by atoms with Crippen molar-refractivity contribution in [2.24, 2.45) is 5.92 Å². The van der Waals surface area contributed by atoms with Crippen LogP contribution in [0.3, 0.4) is 0 Å². The van der Waals surface area contributed by atoms with Gasteiger partial charge in [0.1, 0.15) is 6.61 Å². The van der Waals surface area contributed by atoms with Crippen molar-refractivity contribution < 1.29 is 9.53 Å². The second-order valence-electron chi connectivity index (χ2n) is 8.08. The van der Waals surface area contributed by atoms with Crippen LogP contribution in [0, 0.1) is 5.92 Å². The number of nitrogens with one attached hydrogen (secondary N) is 1. The highest BCUT2D eigenvalue weighted by molar-refractivity contribution is 5.86. The molecule has 2 unspecified atom stereocenters. The van der Waals surface area contributed by atoms with Crippen LogP contribution in [0.25, 0.3) is 10.8 Å². The number of nitrogens with zero attached hydrogens (tertiary/aromatic N) is 1. The molecular formula is C23H30N2O2. The van der Waals surface area contributed by atoms with Crippen LogP contribution in [0.5, 0.6) is 0 Å². The average molecular weight is 367 g/mol. The van der Waals surface area contributed by atoms with Gasteiger partial charge in [0.2, 0.25) is 5.91 Å². The van der Waals surface area contributed by atoms with Crippen molar-refractivity contribution in [3.63, 3.8) is 0 Å². The Morgan fingerprint density at radius 2 is 1.93 bits per heavy atom. The molecule has 4 rings (SSSR count). The highest BCUT2D eigenvalue weighted by Crippen LogP contribution is 2.27. The Balaban J connectivity index is 1.35. The quantitative estimate of drug-likeness (QED) is 0.843. The van der Waals surface area contributed by atoms with Crippen LogP contribution in [0.1, 0.15) is 44.2 Å². The SMILES string of the molecule is CC(NCC1CN(CC2CCCC2)C(=O)CO1)c1cccc2ccccc12. The molecule has 0 radical (unpaired) electrons. The van der Waals surface area contributed by atoms with Gasteiger partial charge in [-0.3, -0.25) is 4.79 Å². The molecule has 27 heavy (non-hydrogen) atoms. The zero-order valence-corrected chi connectivity index (χ0v) is 16.2. The Kier molecular flexibility index (Phi) is 5.74. The molecule has 0 bridgehead atoms. The van der Waals surface area contributed by atoms with E-state index >= 15 is 0 Å². The van der Waals surface area contributed by atoms with Crippen molar-refractivity contribution in [2.75, 3.05) is 26.2 Å². The van der Waals surface area contributed by atoms with Crippen LogP contribution in [-0.2, 0) is 9.53 Å². The molecule has 2 fully saturated rings. The summed E-state index contributed by atoms with van der Waals surface area (Å²) in [5.74, 6) is 0.843. The van der Waals surface area contributed by atoms with Gasteiger partial charge in [0.25, 0.3) is 0 Å². The van der Waals surface area contributed by atoms with E-state index in [9.17, 15) is 4.79 Å². The van der Waals surface area contributed by atoms with Crippen LogP contribution in [-0.4, -0.2) is 43.2 Å². The van der Waals surface area contributed by atoms with E-state index in [1.165, 1.54) is 42.0 Å². The molecule has 144 valence electrons. The first-order valence-corrected chi connectivity index (χ1v) is 10.3. The Hall–Kier alpha value is -1.91. The van der Waals surface area contributed by atoms with Gasteiger partial charge in [-0.15, -0.1) is 0 Å². The largest absolute Gasteiger partial charge is 0.365 e. The predicted molar refractivity (Wildman–Crippen MR) is 109 cm³/mol. The predicted octanol–water partition coefficient (Wildman–Crippen LogP) is 3.91. The topological polar surface area (TPSA) is 41.6 Å². The highest BCUT2D eigenvalue weighted by atomic mass is 16.5. The van der Waals surface area contributed by atoms with E-state index < -0.39 is 0 Å². The first-order chi connectivity index (χ1) is 13.2. The number of morpholine rings is 1.